The van der Waals surface area contributed by atoms with Crippen LogP contribution < -0.4 is 10.6 Å². The van der Waals surface area contributed by atoms with Crippen molar-refractivity contribution in [1.82, 2.24) is 9.97 Å². The Hall–Kier alpha value is -0.840. The third-order valence-electron chi connectivity index (χ3n) is 3.61. The standard InChI is InChI=1S/C14H23BrN4/c1-2-8-16-13-12(15)14(19-10-18-13)17-9-11-6-4-3-5-7-11/h10-11H,2-9H2,1H3,(H2,16,17,18,19). The molecule has 0 atom stereocenters. The second-order valence-electron chi connectivity index (χ2n) is 5.20. The number of aromatic nitrogens is 2. The maximum absolute atomic E-state index is 4.32. The summed E-state index contributed by atoms with van der Waals surface area (Å²) in [5, 5.41) is 6.76. The summed E-state index contributed by atoms with van der Waals surface area (Å²) in [6.07, 6.45) is 9.54. The lowest BCUT2D eigenvalue weighted by Gasteiger charge is -2.22. The van der Waals surface area contributed by atoms with Gasteiger partial charge in [0.25, 0.3) is 0 Å². The number of hydrogen-bond donors (Lipinski definition) is 2. The van der Waals surface area contributed by atoms with E-state index in [-0.39, 0.29) is 0 Å². The summed E-state index contributed by atoms with van der Waals surface area (Å²) in [5.74, 6) is 2.57. The van der Waals surface area contributed by atoms with Crippen LogP contribution in [-0.2, 0) is 0 Å². The molecule has 0 bridgehead atoms. The number of rotatable bonds is 6. The first-order valence-corrected chi connectivity index (χ1v) is 8.08. The van der Waals surface area contributed by atoms with Gasteiger partial charge in [0.2, 0.25) is 0 Å². The van der Waals surface area contributed by atoms with Gasteiger partial charge in [-0.05, 0) is 41.1 Å². The molecule has 0 amide bonds. The summed E-state index contributed by atoms with van der Waals surface area (Å²) >= 11 is 3.59. The Labute approximate surface area is 123 Å². The van der Waals surface area contributed by atoms with E-state index in [9.17, 15) is 0 Å². The molecular weight excluding hydrogens is 304 g/mol. The average molecular weight is 327 g/mol. The SMILES string of the molecule is CCCNc1ncnc(NCC2CCCCC2)c1Br. The maximum Gasteiger partial charge on any atom is 0.145 e. The molecule has 0 unspecified atom stereocenters. The number of halogens is 1. The molecule has 1 heterocycles. The second-order valence-corrected chi connectivity index (χ2v) is 5.99. The van der Waals surface area contributed by atoms with Crippen LogP contribution in [0.2, 0.25) is 0 Å². The van der Waals surface area contributed by atoms with Gasteiger partial charge in [0.15, 0.2) is 0 Å². The number of nitrogens with zero attached hydrogens (tertiary/aromatic N) is 2. The van der Waals surface area contributed by atoms with E-state index in [2.05, 4.69) is 43.5 Å². The van der Waals surface area contributed by atoms with E-state index in [1.54, 1.807) is 6.33 Å². The molecular formula is C14H23BrN4. The van der Waals surface area contributed by atoms with E-state index in [0.29, 0.717) is 0 Å². The lowest BCUT2D eigenvalue weighted by molar-refractivity contribution is 0.373. The maximum atomic E-state index is 4.32. The van der Waals surface area contributed by atoms with Crippen molar-refractivity contribution in [1.29, 1.82) is 0 Å². The summed E-state index contributed by atoms with van der Waals surface area (Å²) in [6, 6.07) is 0. The zero-order valence-corrected chi connectivity index (χ0v) is 13.2. The van der Waals surface area contributed by atoms with E-state index in [4.69, 9.17) is 0 Å². The minimum absolute atomic E-state index is 0.794. The Morgan fingerprint density at radius 3 is 2.53 bits per heavy atom. The highest BCUT2D eigenvalue weighted by atomic mass is 79.9. The van der Waals surface area contributed by atoms with E-state index in [0.717, 1.165) is 41.5 Å². The van der Waals surface area contributed by atoms with Crippen LogP contribution in [0.15, 0.2) is 10.8 Å². The zero-order valence-electron chi connectivity index (χ0n) is 11.6. The molecule has 106 valence electrons. The molecule has 1 aliphatic carbocycles. The highest BCUT2D eigenvalue weighted by Crippen LogP contribution is 2.28. The average Bonchev–Trinajstić information content (AvgIpc) is 2.46. The van der Waals surface area contributed by atoms with E-state index in [1.165, 1.54) is 32.1 Å². The van der Waals surface area contributed by atoms with Crippen molar-refractivity contribution >= 4 is 27.6 Å². The molecule has 0 aliphatic heterocycles. The van der Waals surface area contributed by atoms with Crippen LogP contribution in [0.25, 0.3) is 0 Å². The van der Waals surface area contributed by atoms with Crippen LogP contribution >= 0.6 is 15.9 Å². The monoisotopic (exact) mass is 326 g/mol. The molecule has 1 saturated carbocycles. The molecule has 1 aromatic rings. The molecule has 1 aliphatic rings. The highest BCUT2D eigenvalue weighted by molar-refractivity contribution is 9.10. The fourth-order valence-electron chi connectivity index (χ4n) is 2.49. The Bertz CT molecular complexity index is 391. The van der Waals surface area contributed by atoms with Gasteiger partial charge in [-0.3, -0.25) is 0 Å². The first kappa shape index (κ1) is 14.6. The van der Waals surface area contributed by atoms with Gasteiger partial charge in [-0.2, -0.15) is 0 Å². The molecule has 0 spiro atoms. The number of anilines is 2. The third-order valence-corrected chi connectivity index (χ3v) is 4.37. The Morgan fingerprint density at radius 2 is 1.84 bits per heavy atom. The quantitative estimate of drug-likeness (QED) is 0.827. The van der Waals surface area contributed by atoms with Crippen LogP contribution in [0.5, 0.6) is 0 Å². The Morgan fingerprint density at radius 1 is 1.16 bits per heavy atom. The smallest absolute Gasteiger partial charge is 0.145 e. The molecule has 19 heavy (non-hydrogen) atoms. The topological polar surface area (TPSA) is 49.8 Å². The normalized spacial score (nSPS) is 16.3. The van der Waals surface area contributed by atoms with Crippen molar-refractivity contribution in [2.75, 3.05) is 23.7 Å². The summed E-state index contributed by atoms with van der Waals surface area (Å²) < 4.78 is 0.944. The van der Waals surface area contributed by atoms with Gasteiger partial charge in [-0.15, -0.1) is 0 Å². The van der Waals surface area contributed by atoms with Crippen LogP contribution in [-0.4, -0.2) is 23.1 Å². The minimum atomic E-state index is 0.794. The van der Waals surface area contributed by atoms with Crippen LogP contribution in [0.4, 0.5) is 11.6 Å². The molecule has 0 radical (unpaired) electrons. The van der Waals surface area contributed by atoms with E-state index in [1.807, 2.05) is 0 Å². The van der Waals surface area contributed by atoms with Crippen molar-refractivity contribution in [3.63, 3.8) is 0 Å². The predicted octanol–water partition coefficient (Wildman–Crippen LogP) is 4.05. The fraction of sp³-hybridized carbons (Fsp3) is 0.714. The first-order valence-electron chi connectivity index (χ1n) is 7.29. The van der Waals surface area contributed by atoms with Gasteiger partial charge in [-0.1, -0.05) is 26.2 Å². The first-order chi connectivity index (χ1) is 9.31. The summed E-state index contributed by atoms with van der Waals surface area (Å²) in [7, 11) is 0. The van der Waals surface area contributed by atoms with Crippen LogP contribution in [0.3, 0.4) is 0 Å². The lowest BCUT2D eigenvalue weighted by atomic mass is 9.89. The van der Waals surface area contributed by atoms with Crippen LogP contribution in [0.1, 0.15) is 45.4 Å². The van der Waals surface area contributed by atoms with Crippen molar-refractivity contribution in [2.45, 2.75) is 45.4 Å². The molecule has 2 rings (SSSR count). The summed E-state index contributed by atoms with van der Waals surface area (Å²) in [4.78, 5) is 8.58. The largest absolute Gasteiger partial charge is 0.369 e. The van der Waals surface area contributed by atoms with Gasteiger partial charge >= 0.3 is 0 Å². The number of nitrogens with one attached hydrogen (secondary N) is 2. The molecule has 5 heteroatoms. The van der Waals surface area contributed by atoms with Gasteiger partial charge < -0.3 is 10.6 Å². The van der Waals surface area contributed by atoms with Gasteiger partial charge in [0.05, 0.1) is 0 Å². The lowest BCUT2D eigenvalue weighted by Crippen LogP contribution is -2.18. The van der Waals surface area contributed by atoms with Crippen molar-refractivity contribution in [2.24, 2.45) is 5.92 Å². The summed E-state index contributed by atoms with van der Waals surface area (Å²) in [6.45, 7) is 4.09. The number of hydrogen-bond acceptors (Lipinski definition) is 4. The van der Waals surface area contributed by atoms with Crippen molar-refractivity contribution in [3.05, 3.63) is 10.8 Å². The predicted molar refractivity (Wildman–Crippen MR) is 83.6 cm³/mol. The van der Waals surface area contributed by atoms with Crippen molar-refractivity contribution in [3.8, 4) is 0 Å². The third kappa shape index (κ3) is 4.34. The summed E-state index contributed by atoms with van der Waals surface area (Å²) in [5.41, 5.74) is 0. The molecule has 0 aromatic carbocycles. The van der Waals surface area contributed by atoms with Gasteiger partial charge in [-0.25, -0.2) is 9.97 Å². The fourth-order valence-corrected chi connectivity index (χ4v) is 2.98. The Balaban J connectivity index is 1.91. The molecule has 4 nitrogen and oxygen atoms in total. The molecule has 1 aromatic heterocycles. The van der Waals surface area contributed by atoms with E-state index >= 15 is 0 Å². The van der Waals surface area contributed by atoms with E-state index < -0.39 is 0 Å². The van der Waals surface area contributed by atoms with Crippen molar-refractivity contribution < 1.29 is 0 Å². The van der Waals surface area contributed by atoms with Crippen LogP contribution in [0, 0.1) is 5.92 Å². The highest BCUT2D eigenvalue weighted by Gasteiger charge is 2.14. The van der Waals surface area contributed by atoms with Gasteiger partial charge in [0, 0.05) is 13.1 Å². The Kier molecular flexibility index (Phi) is 5.89. The molecule has 1 fully saturated rings. The second kappa shape index (κ2) is 7.68. The van der Waals surface area contributed by atoms with Gasteiger partial charge in [0.1, 0.15) is 22.4 Å². The zero-order chi connectivity index (χ0) is 13.5. The molecule has 0 saturated heterocycles. The molecule has 2 N–H and O–H groups in total. The minimum Gasteiger partial charge on any atom is -0.369 e.